The van der Waals surface area contributed by atoms with Gasteiger partial charge >= 0.3 is 5.69 Å². The molecule has 0 bridgehead atoms. The number of benzene rings is 1. The molecule has 0 aliphatic heterocycles. The van der Waals surface area contributed by atoms with Crippen molar-refractivity contribution < 1.29 is 4.92 Å². The summed E-state index contributed by atoms with van der Waals surface area (Å²) in [5.41, 5.74) is 0.674. The van der Waals surface area contributed by atoms with E-state index in [1.54, 1.807) is 0 Å². The molecule has 0 aliphatic carbocycles. The molecule has 0 spiro atoms. The average molecular weight is 295 g/mol. The minimum atomic E-state index is -0.538. The number of nitro groups is 1. The number of nitrogens with zero attached hydrogens (tertiary/aromatic N) is 3. The molecule has 0 aliphatic rings. The molecule has 0 amide bonds. The molecule has 0 atom stereocenters. The maximum absolute atomic E-state index is 10.4. The van der Waals surface area contributed by atoms with Gasteiger partial charge in [0, 0.05) is 10.2 Å². The highest BCUT2D eigenvalue weighted by molar-refractivity contribution is 9.10. The van der Waals surface area contributed by atoms with Crippen molar-refractivity contribution in [1.29, 1.82) is 0 Å². The third-order valence-corrected chi connectivity index (χ3v) is 2.48. The Morgan fingerprint density at radius 1 is 1.18 bits per heavy atom. The molecule has 1 aromatic carbocycles. The second kappa shape index (κ2) is 4.88. The molecular weight excluding hydrogens is 288 g/mol. The zero-order valence-corrected chi connectivity index (χ0v) is 10.1. The summed E-state index contributed by atoms with van der Waals surface area (Å²) in [5, 5.41) is 13.3. The molecule has 0 saturated heterocycles. The lowest BCUT2D eigenvalue weighted by molar-refractivity contribution is -0.385. The highest BCUT2D eigenvalue weighted by atomic mass is 79.9. The zero-order chi connectivity index (χ0) is 12.3. The van der Waals surface area contributed by atoms with Crippen molar-refractivity contribution in [3.63, 3.8) is 0 Å². The fraction of sp³-hybridized carbons (Fsp3) is 0. The Bertz CT molecular complexity index is 527. The SMILES string of the molecule is O=[N+]([O-])c1cnc(Nc2ccc(Br)cc2)nc1. The van der Waals surface area contributed by atoms with E-state index in [4.69, 9.17) is 0 Å². The standard InChI is InChI=1S/C10H7BrN4O2/c11-7-1-3-8(4-2-7)14-10-12-5-9(6-13-10)15(16)17/h1-6H,(H,12,13,14). The molecule has 1 aromatic heterocycles. The molecule has 2 rings (SSSR count). The van der Waals surface area contributed by atoms with E-state index in [2.05, 4.69) is 31.2 Å². The fourth-order valence-electron chi connectivity index (χ4n) is 1.14. The van der Waals surface area contributed by atoms with Crippen LogP contribution in [0.4, 0.5) is 17.3 Å². The van der Waals surface area contributed by atoms with Crippen LogP contribution >= 0.6 is 15.9 Å². The molecule has 2 aromatic rings. The number of anilines is 2. The minimum Gasteiger partial charge on any atom is -0.324 e. The lowest BCUT2D eigenvalue weighted by Crippen LogP contribution is -1.98. The first-order valence-electron chi connectivity index (χ1n) is 4.64. The summed E-state index contributed by atoms with van der Waals surface area (Å²) in [6.07, 6.45) is 2.32. The van der Waals surface area contributed by atoms with Crippen LogP contribution in [0, 0.1) is 10.1 Å². The number of halogens is 1. The van der Waals surface area contributed by atoms with Gasteiger partial charge in [0.25, 0.3) is 0 Å². The smallest absolute Gasteiger partial charge is 0.305 e. The van der Waals surface area contributed by atoms with Crippen molar-refractivity contribution >= 4 is 33.3 Å². The highest BCUT2D eigenvalue weighted by Crippen LogP contribution is 2.17. The predicted octanol–water partition coefficient (Wildman–Crippen LogP) is 2.89. The molecule has 0 radical (unpaired) electrons. The second-order valence-corrected chi connectivity index (χ2v) is 4.07. The molecule has 0 fully saturated rings. The van der Waals surface area contributed by atoms with E-state index in [0.29, 0.717) is 5.95 Å². The summed E-state index contributed by atoms with van der Waals surface area (Å²) < 4.78 is 0.965. The van der Waals surface area contributed by atoms with Crippen molar-refractivity contribution in [2.24, 2.45) is 0 Å². The van der Waals surface area contributed by atoms with E-state index in [-0.39, 0.29) is 5.69 Å². The van der Waals surface area contributed by atoms with Gasteiger partial charge < -0.3 is 5.32 Å². The highest BCUT2D eigenvalue weighted by Gasteiger charge is 2.06. The topological polar surface area (TPSA) is 81.0 Å². The van der Waals surface area contributed by atoms with Crippen LogP contribution in [0.3, 0.4) is 0 Å². The van der Waals surface area contributed by atoms with Crippen molar-refractivity contribution in [3.8, 4) is 0 Å². The van der Waals surface area contributed by atoms with E-state index < -0.39 is 4.92 Å². The van der Waals surface area contributed by atoms with Crippen molar-refractivity contribution in [2.45, 2.75) is 0 Å². The molecule has 1 N–H and O–H groups in total. The summed E-state index contributed by atoms with van der Waals surface area (Å²) in [6, 6.07) is 7.42. The predicted molar refractivity (Wildman–Crippen MR) is 66.1 cm³/mol. The Morgan fingerprint density at radius 2 is 1.76 bits per heavy atom. The van der Waals surface area contributed by atoms with Gasteiger partial charge in [-0.1, -0.05) is 15.9 Å². The molecule has 86 valence electrons. The molecule has 0 unspecified atom stereocenters. The van der Waals surface area contributed by atoms with Crippen molar-refractivity contribution in [2.75, 3.05) is 5.32 Å². The second-order valence-electron chi connectivity index (χ2n) is 3.15. The Labute approximate surface area is 105 Å². The van der Waals surface area contributed by atoms with E-state index in [9.17, 15) is 10.1 Å². The van der Waals surface area contributed by atoms with Crippen LogP contribution in [0.15, 0.2) is 41.1 Å². The van der Waals surface area contributed by atoms with Crippen molar-refractivity contribution in [3.05, 3.63) is 51.2 Å². The molecule has 1 heterocycles. The largest absolute Gasteiger partial charge is 0.324 e. The van der Waals surface area contributed by atoms with Crippen LogP contribution in [-0.4, -0.2) is 14.9 Å². The van der Waals surface area contributed by atoms with Gasteiger partial charge in [-0.05, 0) is 24.3 Å². The third kappa shape index (κ3) is 2.97. The van der Waals surface area contributed by atoms with E-state index in [1.165, 1.54) is 0 Å². The normalized spacial score (nSPS) is 9.94. The Kier molecular flexibility index (Phi) is 3.29. The lowest BCUT2D eigenvalue weighted by atomic mass is 10.3. The molecular formula is C10H7BrN4O2. The van der Waals surface area contributed by atoms with Gasteiger partial charge in [0.2, 0.25) is 5.95 Å². The van der Waals surface area contributed by atoms with Crippen LogP contribution < -0.4 is 5.32 Å². The Balaban J connectivity index is 2.13. The molecule has 6 nitrogen and oxygen atoms in total. The van der Waals surface area contributed by atoms with Crippen molar-refractivity contribution in [1.82, 2.24) is 9.97 Å². The molecule has 0 saturated carbocycles. The fourth-order valence-corrected chi connectivity index (χ4v) is 1.41. The number of nitrogens with one attached hydrogen (secondary N) is 1. The Hall–Kier alpha value is -2.02. The summed E-state index contributed by atoms with van der Waals surface area (Å²) >= 11 is 3.32. The third-order valence-electron chi connectivity index (χ3n) is 1.95. The van der Waals surface area contributed by atoms with E-state index in [1.807, 2.05) is 24.3 Å². The first kappa shape index (κ1) is 11.5. The number of rotatable bonds is 3. The monoisotopic (exact) mass is 294 g/mol. The average Bonchev–Trinajstić information content (AvgIpc) is 2.33. The summed E-state index contributed by atoms with van der Waals surface area (Å²) in [4.78, 5) is 17.6. The van der Waals surface area contributed by atoms with E-state index in [0.717, 1.165) is 22.6 Å². The van der Waals surface area contributed by atoms with Crippen LogP contribution in [0.2, 0.25) is 0 Å². The Morgan fingerprint density at radius 3 is 2.29 bits per heavy atom. The first-order chi connectivity index (χ1) is 8.15. The van der Waals surface area contributed by atoms with E-state index >= 15 is 0 Å². The molecule has 17 heavy (non-hydrogen) atoms. The summed E-state index contributed by atoms with van der Waals surface area (Å²) in [6.45, 7) is 0. The van der Waals surface area contributed by atoms with Gasteiger partial charge in [-0.2, -0.15) is 0 Å². The number of aromatic nitrogens is 2. The van der Waals surface area contributed by atoms with Gasteiger partial charge in [0.1, 0.15) is 12.4 Å². The van der Waals surface area contributed by atoms with Crippen LogP contribution in [0.5, 0.6) is 0 Å². The maximum atomic E-state index is 10.4. The molecule has 7 heteroatoms. The zero-order valence-electron chi connectivity index (χ0n) is 8.50. The number of hydrogen-bond donors (Lipinski definition) is 1. The van der Waals surface area contributed by atoms with Crippen LogP contribution in [0.1, 0.15) is 0 Å². The summed E-state index contributed by atoms with van der Waals surface area (Å²) in [5.74, 6) is 0.318. The van der Waals surface area contributed by atoms with Gasteiger partial charge in [-0.3, -0.25) is 10.1 Å². The lowest BCUT2D eigenvalue weighted by Gasteiger charge is -2.03. The van der Waals surface area contributed by atoms with Gasteiger partial charge in [0.05, 0.1) is 4.92 Å². The quantitative estimate of drug-likeness (QED) is 0.695. The first-order valence-corrected chi connectivity index (χ1v) is 5.43. The minimum absolute atomic E-state index is 0.133. The van der Waals surface area contributed by atoms with Gasteiger partial charge in [0.15, 0.2) is 0 Å². The van der Waals surface area contributed by atoms with Crippen LogP contribution in [-0.2, 0) is 0 Å². The number of hydrogen-bond acceptors (Lipinski definition) is 5. The van der Waals surface area contributed by atoms with Crippen LogP contribution in [0.25, 0.3) is 0 Å². The summed E-state index contributed by atoms with van der Waals surface area (Å²) in [7, 11) is 0. The van der Waals surface area contributed by atoms with Gasteiger partial charge in [-0.25, -0.2) is 9.97 Å². The van der Waals surface area contributed by atoms with Gasteiger partial charge in [-0.15, -0.1) is 0 Å². The maximum Gasteiger partial charge on any atom is 0.305 e.